The molecule has 0 bridgehead atoms. The molecule has 0 unspecified atom stereocenters. The summed E-state index contributed by atoms with van der Waals surface area (Å²) >= 11 is 0. The SMILES string of the molecule is CC(C)CC(=O)C1(C)CCC1. The predicted octanol–water partition coefficient (Wildman–Crippen LogP) is 2.79. The number of carbonyl (C=O) groups excluding carboxylic acids is 1. The van der Waals surface area contributed by atoms with Crippen LogP contribution < -0.4 is 0 Å². The standard InChI is InChI=1S/C10H18O/c1-8(2)7-9(11)10(3)5-4-6-10/h8H,4-7H2,1-3H3. The topological polar surface area (TPSA) is 17.1 Å². The van der Waals surface area contributed by atoms with Gasteiger partial charge in [-0.1, -0.05) is 27.2 Å². The Hall–Kier alpha value is -0.330. The van der Waals surface area contributed by atoms with E-state index in [-0.39, 0.29) is 5.41 Å². The second kappa shape index (κ2) is 2.96. The lowest BCUT2D eigenvalue weighted by Crippen LogP contribution is -2.35. The highest BCUT2D eigenvalue weighted by Gasteiger charge is 2.38. The molecule has 1 aliphatic rings. The van der Waals surface area contributed by atoms with Crippen molar-refractivity contribution in [2.75, 3.05) is 0 Å². The summed E-state index contributed by atoms with van der Waals surface area (Å²) in [6.07, 6.45) is 4.27. The molecule has 1 rings (SSSR count). The molecule has 0 amide bonds. The third-order valence-corrected chi connectivity index (χ3v) is 2.72. The third-order valence-electron chi connectivity index (χ3n) is 2.72. The van der Waals surface area contributed by atoms with Gasteiger partial charge in [-0.2, -0.15) is 0 Å². The van der Waals surface area contributed by atoms with Gasteiger partial charge in [0.05, 0.1) is 0 Å². The Balaban J connectivity index is 2.40. The first-order valence-corrected chi connectivity index (χ1v) is 4.58. The molecule has 1 fully saturated rings. The highest BCUT2D eigenvalue weighted by atomic mass is 16.1. The van der Waals surface area contributed by atoms with Crippen LogP contribution >= 0.6 is 0 Å². The number of Topliss-reactive ketones (excluding diaryl/α,β-unsaturated/α-hetero) is 1. The molecule has 0 aromatic carbocycles. The lowest BCUT2D eigenvalue weighted by atomic mass is 9.66. The second-order valence-electron chi connectivity index (χ2n) is 4.44. The largest absolute Gasteiger partial charge is 0.299 e. The molecule has 0 aromatic rings. The smallest absolute Gasteiger partial charge is 0.139 e. The molecular weight excluding hydrogens is 136 g/mol. The molecule has 11 heavy (non-hydrogen) atoms. The van der Waals surface area contributed by atoms with E-state index in [1.54, 1.807) is 0 Å². The van der Waals surface area contributed by atoms with Crippen LogP contribution in [0.5, 0.6) is 0 Å². The summed E-state index contributed by atoms with van der Waals surface area (Å²) in [6, 6.07) is 0. The van der Waals surface area contributed by atoms with Crippen molar-refractivity contribution in [1.29, 1.82) is 0 Å². The Morgan fingerprint density at radius 2 is 2.00 bits per heavy atom. The van der Waals surface area contributed by atoms with Gasteiger partial charge in [0.2, 0.25) is 0 Å². The number of hydrogen-bond donors (Lipinski definition) is 0. The van der Waals surface area contributed by atoms with Crippen LogP contribution in [0.1, 0.15) is 46.5 Å². The Morgan fingerprint density at radius 1 is 1.45 bits per heavy atom. The van der Waals surface area contributed by atoms with E-state index in [1.165, 1.54) is 6.42 Å². The van der Waals surface area contributed by atoms with E-state index in [0.717, 1.165) is 19.3 Å². The van der Waals surface area contributed by atoms with E-state index in [4.69, 9.17) is 0 Å². The van der Waals surface area contributed by atoms with Crippen molar-refractivity contribution >= 4 is 5.78 Å². The third kappa shape index (κ3) is 1.82. The maximum Gasteiger partial charge on any atom is 0.139 e. The molecule has 0 spiro atoms. The van der Waals surface area contributed by atoms with Crippen molar-refractivity contribution in [2.24, 2.45) is 11.3 Å². The normalized spacial score (nSPS) is 21.5. The fourth-order valence-electron chi connectivity index (χ4n) is 1.60. The van der Waals surface area contributed by atoms with Crippen LogP contribution in [0, 0.1) is 11.3 Å². The molecule has 0 aromatic heterocycles. The Labute approximate surface area is 69.2 Å². The molecule has 64 valence electrons. The van der Waals surface area contributed by atoms with Crippen LogP contribution in [0.25, 0.3) is 0 Å². The zero-order valence-electron chi connectivity index (χ0n) is 7.81. The summed E-state index contributed by atoms with van der Waals surface area (Å²) in [6.45, 7) is 6.33. The molecule has 0 heterocycles. The van der Waals surface area contributed by atoms with Crippen molar-refractivity contribution in [3.63, 3.8) is 0 Å². The van der Waals surface area contributed by atoms with E-state index in [1.807, 2.05) is 0 Å². The second-order valence-corrected chi connectivity index (χ2v) is 4.44. The summed E-state index contributed by atoms with van der Waals surface area (Å²) in [4.78, 5) is 11.6. The van der Waals surface area contributed by atoms with Crippen LogP contribution in [0.4, 0.5) is 0 Å². The summed E-state index contributed by atoms with van der Waals surface area (Å²) in [5.74, 6) is 1.01. The van der Waals surface area contributed by atoms with Gasteiger partial charge in [-0.15, -0.1) is 0 Å². The zero-order valence-corrected chi connectivity index (χ0v) is 7.81. The predicted molar refractivity (Wildman–Crippen MR) is 46.4 cm³/mol. The van der Waals surface area contributed by atoms with Crippen molar-refractivity contribution < 1.29 is 4.79 Å². The summed E-state index contributed by atoms with van der Waals surface area (Å²) < 4.78 is 0. The van der Waals surface area contributed by atoms with Gasteiger partial charge in [0.15, 0.2) is 0 Å². The van der Waals surface area contributed by atoms with Gasteiger partial charge in [0.25, 0.3) is 0 Å². The van der Waals surface area contributed by atoms with Gasteiger partial charge in [-0.05, 0) is 18.8 Å². The van der Waals surface area contributed by atoms with Crippen LogP contribution in [-0.4, -0.2) is 5.78 Å². The van der Waals surface area contributed by atoms with Crippen LogP contribution in [0.15, 0.2) is 0 Å². The van der Waals surface area contributed by atoms with Crippen LogP contribution in [-0.2, 0) is 4.79 Å². The van der Waals surface area contributed by atoms with E-state index < -0.39 is 0 Å². The molecule has 1 heteroatoms. The first kappa shape index (κ1) is 8.76. The van der Waals surface area contributed by atoms with Gasteiger partial charge in [0, 0.05) is 11.8 Å². The molecule has 0 radical (unpaired) electrons. The number of carbonyl (C=O) groups is 1. The molecule has 0 atom stereocenters. The first-order chi connectivity index (χ1) is 5.04. The average Bonchev–Trinajstić information content (AvgIpc) is 1.81. The van der Waals surface area contributed by atoms with Crippen LogP contribution in [0.2, 0.25) is 0 Å². The fourth-order valence-corrected chi connectivity index (χ4v) is 1.60. The molecule has 0 aliphatic heterocycles. The molecule has 1 saturated carbocycles. The molecule has 0 N–H and O–H groups in total. The Morgan fingerprint density at radius 3 is 2.27 bits per heavy atom. The summed E-state index contributed by atoms with van der Waals surface area (Å²) in [5, 5.41) is 0. The molecule has 1 aliphatic carbocycles. The average molecular weight is 154 g/mol. The number of rotatable bonds is 3. The Kier molecular flexibility index (Phi) is 2.36. The molecule has 0 saturated heterocycles. The van der Waals surface area contributed by atoms with Gasteiger partial charge in [-0.25, -0.2) is 0 Å². The van der Waals surface area contributed by atoms with Crippen molar-refractivity contribution in [1.82, 2.24) is 0 Å². The monoisotopic (exact) mass is 154 g/mol. The van der Waals surface area contributed by atoms with Gasteiger partial charge < -0.3 is 0 Å². The maximum absolute atomic E-state index is 11.6. The summed E-state index contributed by atoms with van der Waals surface area (Å²) in [7, 11) is 0. The van der Waals surface area contributed by atoms with Crippen molar-refractivity contribution in [3.05, 3.63) is 0 Å². The van der Waals surface area contributed by atoms with E-state index >= 15 is 0 Å². The minimum absolute atomic E-state index is 0.0737. The van der Waals surface area contributed by atoms with Crippen LogP contribution in [0.3, 0.4) is 0 Å². The minimum atomic E-state index is 0.0737. The molecular formula is C10H18O. The minimum Gasteiger partial charge on any atom is -0.299 e. The highest BCUT2D eigenvalue weighted by Crippen LogP contribution is 2.42. The maximum atomic E-state index is 11.6. The number of ketones is 1. The number of hydrogen-bond acceptors (Lipinski definition) is 1. The van der Waals surface area contributed by atoms with Crippen molar-refractivity contribution in [2.45, 2.75) is 46.5 Å². The van der Waals surface area contributed by atoms with Gasteiger partial charge in [0.1, 0.15) is 5.78 Å². The lowest BCUT2D eigenvalue weighted by molar-refractivity contribution is -0.132. The first-order valence-electron chi connectivity index (χ1n) is 4.58. The quantitative estimate of drug-likeness (QED) is 0.611. The zero-order chi connectivity index (χ0) is 8.48. The van der Waals surface area contributed by atoms with E-state index in [2.05, 4.69) is 20.8 Å². The molecule has 1 nitrogen and oxygen atoms in total. The fraction of sp³-hybridized carbons (Fsp3) is 0.900. The van der Waals surface area contributed by atoms with Gasteiger partial charge >= 0.3 is 0 Å². The Bertz CT molecular complexity index is 154. The van der Waals surface area contributed by atoms with Crippen molar-refractivity contribution in [3.8, 4) is 0 Å². The summed E-state index contributed by atoms with van der Waals surface area (Å²) in [5.41, 5.74) is 0.0737. The van der Waals surface area contributed by atoms with E-state index in [9.17, 15) is 4.79 Å². The lowest BCUT2D eigenvalue weighted by Gasteiger charge is -2.37. The van der Waals surface area contributed by atoms with E-state index in [0.29, 0.717) is 11.7 Å². The highest BCUT2D eigenvalue weighted by molar-refractivity contribution is 5.85. The van der Waals surface area contributed by atoms with Gasteiger partial charge in [-0.3, -0.25) is 4.79 Å².